The molecule has 1 aliphatic rings. The zero-order valence-electron chi connectivity index (χ0n) is 9.99. The Kier molecular flexibility index (Phi) is 2.48. The molecular formula is C14H16N2O. The first-order valence-corrected chi connectivity index (χ1v) is 6.07. The van der Waals surface area contributed by atoms with Crippen molar-refractivity contribution in [2.75, 3.05) is 13.6 Å². The summed E-state index contributed by atoms with van der Waals surface area (Å²) in [7, 11) is 2.11. The van der Waals surface area contributed by atoms with Gasteiger partial charge in [-0.1, -0.05) is 18.2 Å². The number of H-pyrrole nitrogens is 1. The van der Waals surface area contributed by atoms with Crippen molar-refractivity contribution in [2.24, 2.45) is 0 Å². The summed E-state index contributed by atoms with van der Waals surface area (Å²) in [6, 6.07) is 8.15. The molecule has 0 atom stereocenters. The van der Waals surface area contributed by atoms with Crippen molar-refractivity contribution in [3.8, 4) is 0 Å². The van der Waals surface area contributed by atoms with Crippen LogP contribution in [0.4, 0.5) is 0 Å². The molecule has 0 radical (unpaired) electrons. The third-order valence-corrected chi connectivity index (χ3v) is 3.46. The fourth-order valence-electron chi connectivity index (χ4n) is 2.59. The molecule has 3 rings (SSSR count). The minimum absolute atomic E-state index is 0.254. The van der Waals surface area contributed by atoms with Crippen LogP contribution in [-0.2, 0) is 6.54 Å². The van der Waals surface area contributed by atoms with Gasteiger partial charge in [-0.25, -0.2) is 0 Å². The second kappa shape index (κ2) is 4.00. The van der Waals surface area contributed by atoms with E-state index < -0.39 is 0 Å². The SMILES string of the molecule is CN1CCCC(=O)c2[nH]c3ccccc3c2C1. The number of para-hydroxylation sites is 1. The number of aromatic amines is 1. The molecule has 0 aliphatic carbocycles. The lowest BCUT2D eigenvalue weighted by atomic mass is 10.0. The summed E-state index contributed by atoms with van der Waals surface area (Å²) in [5, 5.41) is 1.18. The van der Waals surface area contributed by atoms with Gasteiger partial charge in [0.15, 0.2) is 5.78 Å². The number of hydrogen-bond acceptors (Lipinski definition) is 2. The van der Waals surface area contributed by atoms with Crippen LogP contribution in [0.15, 0.2) is 24.3 Å². The minimum atomic E-state index is 0.254. The largest absolute Gasteiger partial charge is 0.352 e. The molecule has 88 valence electrons. The number of hydrogen-bond donors (Lipinski definition) is 1. The van der Waals surface area contributed by atoms with E-state index in [-0.39, 0.29) is 5.78 Å². The molecule has 1 aliphatic heterocycles. The summed E-state index contributed by atoms with van der Waals surface area (Å²) in [6.07, 6.45) is 1.59. The van der Waals surface area contributed by atoms with Crippen molar-refractivity contribution in [1.82, 2.24) is 9.88 Å². The second-order valence-electron chi connectivity index (χ2n) is 4.79. The van der Waals surface area contributed by atoms with Crippen molar-refractivity contribution in [1.29, 1.82) is 0 Å². The van der Waals surface area contributed by atoms with Gasteiger partial charge in [-0.2, -0.15) is 0 Å². The standard InChI is InChI=1S/C14H16N2O/c1-16-8-4-7-13(17)14-11(9-16)10-5-2-3-6-12(10)15-14/h2-3,5-6,15H,4,7-9H2,1H3. The number of carbonyl (C=O) groups excluding carboxylic acids is 1. The number of ketones is 1. The van der Waals surface area contributed by atoms with E-state index in [9.17, 15) is 4.79 Å². The summed E-state index contributed by atoms with van der Waals surface area (Å²) in [5.41, 5.74) is 3.05. The summed E-state index contributed by atoms with van der Waals surface area (Å²) >= 11 is 0. The number of aromatic nitrogens is 1. The van der Waals surface area contributed by atoms with Gasteiger partial charge >= 0.3 is 0 Å². The van der Waals surface area contributed by atoms with Gasteiger partial charge in [0.25, 0.3) is 0 Å². The predicted molar refractivity (Wildman–Crippen MR) is 68.2 cm³/mol. The molecule has 2 heterocycles. The molecule has 0 amide bonds. The van der Waals surface area contributed by atoms with E-state index in [0.717, 1.165) is 36.3 Å². The summed E-state index contributed by atoms with van der Waals surface area (Å²) in [6.45, 7) is 1.84. The van der Waals surface area contributed by atoms with Crippen LogP contribution < -0.4 is 0 Å². The number of fused-ring (bicyclic) bond motifs is 3. The molecular weight excluding hydrogens is 212 g/mol. The van der Waals surface area contributed by atoms with Crippen molar-refractivity contribution < 1.29 is 4.79 Å². The average Bonchev–Trinajstić information content (AvgIpc) is 2.66. The van der Waals surface area contributed by atoms with Crippen LogP contribution in [0.25, 0.3) is 10.9 Å². The van der Waals surface area contributed by atoms with Crippen molar-refractivity contribution in [2.45, 2.75) is 19.4 Å². The maximum absolute atomic E-state index is 12.1. The Morgan fingerprint density at radius 2 is 2.12 bits per heavy atom. The van der Waals surface area contributed by atoms with E-state index in [0.29, 0.717) is 6.42 Å². The first kappa shape index (κ1) is 10.5. The van der Waals surface area contributed by atoms with Crippen LogP contribution in [0.5, 0.6) is 0 Å². The Hall–Kier alpha value is -1.61. The summed E-state index contributed by atoms with van der Waals surface area (Å²) < 4.78 is 0. The van der Waals surface area contributed by atoms with Crippen molar-refractivity contribution >= 4 is 16.7 Å². The highest BCUT2D eigenvalue weighted by atomic mass is 16.1. The van der Waals surface area contributed by atoms with E-state index in [1.165, 1.54) is 5.39 Å². The van der Waals surface area contributed by atoms with E-state index in [1.807, 2.05) is 18.2 Å². The van der Waals surface area contributed by atoms with Gasteiger partial charge in [0.1, 0.15) is 0 Å². The minimum Gasteiger partial charge on any atom is -0.352 e. The number of nitrogens with one attached hydrogen (secondary N) is 1. The molecule has 0 spiro atoms. The Morgan fingerprint density at radius 1 is 1.29 bits per heavy atom. The third-order valence-electron chi connectivity index (χ3n) is 3.46. The Morgan fingerprint density at radius 3 is 3.00 bits per heavy atom. The Labute approximate surface area is 100 Å². The zero-order chi connectivity index (χ0) is 11.8. The van der Waals surface area contributed by atoms with Gasteiger partial charge in [-0.15, -0.1) is 0 Å². The smallest absolute Gasteiger partial charge is 0.179 e. The molecule has 0 bridgehead atoms. The van der Waals surface area contributed by atoms with E-state index in [1.54, 1.807) is 0 Å². The molecule has 0 unspecified atom stereocenters. The van der Waals surface area contributed by atoms with E-state index in [4.69, 9.17) is 0 Å². The van der Waals surface area contributed by atoms with Crippen LogP contribution in [0.2, 0.25) is 0 Å². The van der Waals surface area contributed by atoms with Crippen LogP contribution in [0.1, 0.15) is 28.9 Å². The lowest BCUT2D eigenvalue weighted by Crippen LogP contribution is -2.23. The fraction of sp³-hybridized carbons (Fsp3) is 0.357. The quantitative estimate of drug-likeness (QED) is 0.752. The summed E-state index contributed by atoms with van der Waals surface area (Å²) in [5.74, 6) is 0.254. The van der Waals surface area contributed by atoms with Gasteiger partial charge in [-0.05, 0) is 26.1 Å². The molecule has 17 heavy (non-hydrogen) atoms. The van der Waals surface area contributed by atoms with Gasteiger partial charge in [0.2, 0.25) is 0 Å². The number of nitrogens with zero attached hydrogens (tertiary/aromatic N) is 1. The first-order chi connectivity index (χ1) is 8.25. The van der Waals surface area contributed by atoms with Crippen LogP contribution in [-0.4, -0.2) is 29.3 Å². The Bertz CT molecular complexity index is 571. The maximum atomic E-state index is 12.1. The van der Waals surface area contributed by atoms with Gasteiger partial charge in [0.05, 0.1) is 5.69 Å². The molecule has 1 aromatic heterocycles. The van der Waals surface area contributed by atoms with Crippen LogP contribution in [0, 0.1) is 0 Å². The highest BCUT2D eigenvalue weighted by Crippen LogP contribution is 2.26. The lowest BCUT2D eigenvalue weighted by Gasteiger charge is -2.19. The monoisotopic (exact) mass is 228 g/mol. The number of rotatable bonds is 0. The molecule has 0 fully saturated rings. The fourth-order valence-corrected chi connectivity index (χ4v) is 2.59. The second-order valence-corrected chi connectivity index (χ2v) is 4.79. The van der Waals surface area contributed by atoms with Crippen molar-refractivity contribution in [3.05, 3.63) is 35.5 Å². The zero-order valence-corrected chi connectivity index (χ0v) is 9.99. The molecule has 2 aromatic rings. The molecule has 3 heteroatoms. The van der Waals surface area contributed by atoms with Gasteiger partial charge in [0, 0.05) is 29.4 Å². The first-order valence-electron chi connectivity index (χ1n) is 6.07. The molecule has 1 aromatic carbocycles. The summed E-state index contributed by atoms with van der Waals surface area (Å²) in [4.78, 5) is 17.6. The normalized spacial score (nSPS) is 17.8. The molecule has 0 saturated heterocycles. The number of carbonyl (C=O) groups is 1. The highest BCUT2D eigenvalue weighted by Gasteiger charge is 2.20. The number of Topliss-reactive ketones (excluding diaryl/α,β-unsaturated/α-hetero) is 1. The van der Waals surface area contributed by atoms with Crippen molar-refractivity contribution in [3.63, 3.8) is 0 Å². The maximum Gasteiger partial charge on any atom is 0.179 e. The highest BCUT2D eigenvalue weighted by molar-refractivity contribution is 6.02. The van der Waals surface area contributed by atoms with Crippen LogP contribution >= 0.6 is 0 Å². The topological polar surface area (TPSA) is 36.1 Å². The third kappa shape index (κ3) is 1.76. The molecule has 1 N–H and O–H groups in total. The van der Waals surface area contributed by atoms with Gasteiger partial charge in [-0.3, -0.25) is 4.79 Å². The Balaban J connectivity index is 2.21. The van der Waals surface area contributed by atoms with E-state index >= 15 is 0 Å². The average molecular weight is 228 g/mol. The predicted octanol–water partition coefficient (Wildman–Crippen LogP) is 2.58. The number of benzene rings is 1. The molecule has 0 saturated carbocycles. The van der Waals surface area contributed by atoms with Gasteiger partial charge < -0.3 is 9.88 Å². The molecule has 3 nitrogen and oxygen atoms in total. The van der Waals surface area contributed by atoms with Crippen LogP contribution in [0.3, 0.4) is 0 Å². The lowest BCUT2D eigenvalue weighted by molar-refractivity contribution is 0.0964. The van der Waals surface area contributed by atoms with E-state index in [2.05, 4.69) is 23.0 Å².